The van der Waals surface area contributed by atoms with Crippen molar-refractivity contribution in [1.29, 1.82) is 0 Å². The van der Waals surface area contributed by atoms with Crippen LogP contribution in [0.15, 0.2) is 25.2 Å². The highest BCUT2D eigenvalue weighted by molar-refractivity contribution is 4.80. The summed E-state index contributed by atoms with van der Waals surface area (Å²) in [5, 5.41) is 0. The van der Waals surface area contributed by atoms with Crippen LogP contribution in [0.3, 0.4) is 0 Å². The van der Waals surface area contributed by atoms with Crippen LogP contribution in [0.4, 0.5) is 0 Å². The Morgan fingerprint density at radius 3 is 3.11 bits per heavy atom. The molecule has 1 rings (SSSR count). The molecule has 0 unspecified atom stereocenters. The molecule has 1 N–H and O–H groups in total. The summed E-state index contributed by atoms with van der Waals surface area (Å²) < 4.78 is 2.09. The molecular formula is C7H11N2+. The van der Waals surface area contributed by atoms with Gasteiger partial charge >= 0.3 is 0 Å². The monoisotopic (exact) mass is 123 g/mol. The highest BCUT2D eigenvalue weighted by atomic mass is 15.0. The summed E-state index contributed by atoms with van der Waals surface area (Å²) in [6.07, 6.45) is 5.77. The highest BCUT2D eigenvalue weighted by Gasteiger charge is 1.98. The number of rotatable bonds is 2. The molecule has 0 atom stereocenters. The molecule has 0 aliphatic heterocycles. The lowest BCUT2D eigenvalue weighted by atomic mass is 10.5. The Morgan fingerprint density at radius 2 is 2.67 bits per heavy atom. The lowest BCUT2D eigenvalue weighted by Gasteiger charge is -1.88. The van der Waals surface area contributed by atoms with Crippen molar-refractivity contribution in [3.05, 3.63) is 30.9 Å². The van der Waals surface area contributed by atoms with Crippen LogP contribution in [0.25, 0.3) is 0 Å². The Bertz CT molecular complexity index is 200. The van der Waals surface area contributed by atoms with Crippen LogP contribution in [-0.2, 0) is 6.54 Å². The quantitative estimate of drug-likeness (QED) is 0.443. The van der Waals surface area contributed by atoms with E-state index in [-0.39, 0.29) is 0 Å². The first-order chi connectivity index (χ1) is 4.34. The van der Waals surface area contributed by atoms with Gasteiger partial charge in [-0.1, -0.05) is 12.7 Å². The number of allylic oxidation sites excluding steroid dienone is 1. The molecule has 1 aromatic heterocycles. The molecule has 0 aromatic carbocycles. The van der Waals surface area contributed by atoms with Crippen molar-refractivity contribution in [1.82, 2.24) is 4.98 Å². The van der Waals surface area contributed by atoms with Gasteiger partial charge in [0.2, 0.25) is 6.33 Å². The maximum Gasteiger partial charge on any atom is 0.241 e. The van der Waals surface area contributed by atoms with Crippen LogP contribution in [-0.4, -0.2) is 4.98 Å². The van der Waals surface area contributed by atoms with Gasteiger partial charge < -0.3 is 0 Å². The van der Waals surface area contributed by atoms with Crippen LogP contribution in [0.5, 0.6) is 0 Å². The predicted molar refractivity (Wildman–Crippen MR) is 35.9 cm³/mol. The van der Waals surface area contributed by atoms with Gasteiger partial charge in [0.25, 0.3) is 0 Å². The fraction of sp³-hybridized carbons (Fsp3) is 0.286. The van der Waals surface area contributed by atoms with Crippen molar-refractivity contribution in [2.45, 2.75) is 13.5 Å². The number of aromatic nitrogens is 2. The fourth-order valence-electron chi connectivity index (χ4n) is 0.768. The molecule has 0 saturated heterocycles. The van der Waals surface area contributed by atoms with Crippen molar-refractivity contribution in [2.24, 2.45) is 0 Å². The van der Waals surface area contributed by atoms with E-state index >= 15 is 0 Å². The third kappa shape index (κ3) is 1.19. The molecule has 0 aliphatic carbocycles. The lowest BCUT2D eigenvalue weighted by molar-refractivity contribution is -0.691. The molecule has 0 fully saturated rings. The van der Waals surface area contributed by atoms with Gasteiger partial charge in [0, 0.05) is 6.92 Å². The molecule has 0 saturated carbocycles. The SMILES string of the molecule is C=CC[n+]1c[nH]cc1C. The zero-order valence-electron chi connectivity index (χ0n) is 5.59. The van der Waals surface area contributed by atoms with Crippen molar-refractivity contribution < 1.29 is 4.57 Å². The van der Waals surface area contributed by atoms with E-state index in [4.69, 9.17) is 0 Å². The van der Waals surface area contributed by atoms with E-state index in [1.165, 1.54) is 5.69 Å². The number of aromatic amines is 1. The summed E-state index contributed by atoms with van der Waals surface area (Å²) in [6.45, 7) is 6.58. The summed E-state index contributed by atoms with van der Waals surface area (Å²) in [4.78, 5) is 3.00. The van der Waals surface area contributed by atoms with E-state index in [1.54, 1.807) is 0 Å². The summed E-state index contributed by atoms with van der Waals surface area (Å²) in [5.41, 5.74) is 1.23. The first-order valence-electron chi connectivity index (χ1n) is 2.98. The van der Waals surface area contributed by atoms with E-state index in [1.807, 2.05) is 18.6 Å². The van der Waals surface area contributed by atoms with Crippen LogP contribution < -0.4 is 4.57 Å². The summed E-state index contributed by atoms with van der Waals surface area (Å²) in [7, 11) is 0. The number of nitrogens with zero attached hydrogens (tertiary/aromatic N) is 1. The first-order valence-corrected chi connectivity index (χ1v) is 2.98. The molecule has 0 radical (unpaired) electrons. The number of aryl methyl sites for hydroxylation is 1. The number of imidazole rings is 1. The minimum absolute atomic E-state index is 0.884. The molecule has 9 heavy (non-hydrogen) atoms. The largest absolute Gasteiger partial charge is 0.250 e. The van der Waals surface area contributed by atoms with Gasteiger partial charge in [0.15, 0.2) is 0 Å². The van der Waals surface area contributed by atoms with E-state index in [0.717, 1.165) is 6.54 Å². The second-order valence-electron chi connectivity index (χ2n) is 2.02. The van der Waals surface area contributed by atoms with Gasteiger partial charge in [-0.15, -0.1) is 0 Å². The maximum atomic E-state index is 3.64. The highest BCUT2D eigenvalue weighted by Crippen LogP contribution is 1.82. The minimum Gasteiger partial charge on any atom is -0.250 e. The third-order valence-electron chi connectivity index (χ3n) is 1.30. The van der Waals surface area contributed by atoms with Crippen molar-refractivity contribution in [2.75, 3.05) is 0 Å². The zero-order valence-corrected chi connectivity index (χ0v) is 5.59. The molecule has 0 aliphatic rings. The van der Waals surface area contributed by atoms with Gasteiger partial charge in [-0.05, 0) is 0 Å². The Morgan fingerprint density at radius 1 is 1.89 bits per heavy atom. The molecule has 2 nitrogen and oxygen atoms in total. The van der Waals surface area contributed by atoms with E-state index in [2.05, 4.69) is 23.1 Å². The molecular weight excluding hydrogens is 112 g/mol. The smallest absolute Gasteiger partial charge is 0.241 e. The minimum atomic E-state index is 0.884. The standard InChI is InChI=1S/C7H10N2/c1-3-4-9-6-8-5-7(9)2/h3,5-6H,1,4H2,2H3/p+1. The number of H-pyrrole nitrogens is 1. The lowest BCUT2D eigenvalue weighted by Crippen LogP contribution is -2.32. The normalized spacial score (nSPS) is 9.44. The average Bonchev–Trinajstić information content (AvgIpc) is 2.18. The summed E-state index contributed by atoms with van der Waals surface area (Å²) in [5.74, 6) is 0. The van der Waals surface area contributed by atoms with Gasteiger partial charge in [-0.25, -0.2) is 9.55 Å². The van der Waals surface area contributed by atoms with Gasteiger partial charge in [0.05, 0.1) is 0 Å². The van der Waals surface area contributed by atoms with Crippen LogP contribution in [0.1, 0.15) is 5.69 Å². The van der Waals surface area contributed by atoms with Gasteiger partial charge in [-0.3, -0.25) is 0 Å². The van der Waals surface area contributed by atoms with E-state index in [0.29, 0.717) is 0 Å². The van der Waals surface area contributed by atoms with Crippen LogP contribution >= 0.6 is 0 Å². The Labute approximate surface area is 54.8 Å². The molecule has 0 bridgehead atoms. The second kappa shape index (κ2) is 2.49. The topological polar surface area (TPSA) is 19.7 Å². The molecule has 48 valence electrons. The summed E-state index contributed by atoms with van der Waals surface area (Å²) in [6, 6.07) is 0. The van der Waals surface area contributed by atoms with Crippen molar-refractivity contribution in [3.8, 4) is 0 Å². The van der Waals surface area contributed by atoms with Crippen molar-refractivity contribution in [3.63, 3.8) is 0 Å². The number of nitrogens with one attached hydrogen (secondary N) is 1. The fourth-order valence-corrected chi connectivity index (χ4v) is 0.768. The van der Waals surface area contributed by atoms with Crippen LogP contribution in [0.2, 0.25) is 0 Å². The second-order valence-corrected chi connectivity index (χ2v) is 2.02. The number of hydrogen-bond acceptors (Lipinski definition) is 0. The Kier molecular flexibility index (Phi) is 1.68. The number of hydrogen-bond donors (Lipinski definition) is 1. The molecule has 0 amide bonds. The zero-order chi connectivity index (χ0) is 6.69. The predicted octanol–water partition coefficient (Wildman–Crippen LogP) is 0.797. The summed E-state index contributed by atoms with van der Waals surface area (Å²) >= 11 is 0. The van der Waals surface area contributed by atoms with Crippen molar-refractivity contribution >= 4 is 0 Å². The van der Waals surface area contributed by atoms with Crippen LogP contribution in [0, 0.1) is 6.92 Å². The first kappa shape index (κ1) is 6.08. The Balaban J connectivity index is 2.80. The third-order valence-corrected chi connectivity index (χ3v) is 1.30. The molecule has 1 aromatic rings. The Hall–Kier alpha value is -1.05. The molecule has 0 spiro atoms. The van der Waals surface area contributed by atoms with Gasteiger partial charge in [0.1, 0.15) is 18.4 Å². The molecule has 1 heterocycles. The van der Waals surface area contributed by atoms with E-state index in [9.17, 15) is 0 Å². The average molecular weight is 123 g/mol. The van der Waals surface area contributed by atoms with E-state index < -0.39 is 0 Å². The van der Waals surface area contributed by atoms with Gasteiger partial charge in [-0.2, -0.15) is 0 Å². The maximum absolute atomic E-state index is 3.64. The molecule has 2 heteroatoms.